The van der Waals surface area contributed by atoms with Crippen molar-refractivity contribution in [1.82, 2.24) is 5.01 Å². The SMILES string of the molecule is O=C1C2C3C=CC(C3)C2C(=O)N1/N=C/c1ccc2c(c1)OCO2. The van der Waals surface area contributed by atoms with Crippen LogP contribution in [-0.4, -0.2) is 29.8 Å². The summed E-state index contributed by atoms with van der Waals surface area (Å²) in [5, 5.41) is 5.19. The molecule has 2 amide bonds. The fourth-order valence-corrected chi connectivity index (χ4v) is 4.12. The molecule has 2 fully saturated rings. The molecule has 1 aromatic carbocycles. The van der Waals surface area contributed by atoms with E-state index in [4.69, 9.17) is 9.47 Å². The molecule has 2 aliphatic heterocycles. The lowest BCUT2D eigenvalue weighted by Crippen LogP contribution is -2.28. The smallest absolute Gasteiger partial charge is 0.254 e. The molecular formula is C17H14N2O4. The molecule has 0 aromatic heterocycles. The highest BCUT2D eigenvalue weighted by atomic mass is 16.7. The van der Waals surface area contributed by atoms with E-state index in [-0.39, 0.29) is 42.3 Å². The van der Waals surface area contributed by atoms with Crippen LogP contribution in [0, 0.1) is 23.7 Å². The van der Waals surface area contributed by atoms with E-state index in [0.717, 1.165) is 17.0 Å². The van der Waals surface area contributed by atoms with Crippen LogP contribution in [0.4, 0.5) is 0 Å². The first kappa shape index (κ1) is 12.9. The van der Waals surface area contributed by atoms with Gasteiger partial charge in [-0.15, -0.1) is 0 Å². The van der Waals surface area contributed by atoms with Crippen LogP contribution in [-0.2, 0) is 9.59 Å². The summed E-state index contributed by atoms with van der Waals surface area (Å²) in [5.74, 6) is 0.958. The minimum absolute atomic E-state index is 0.172. The van der Waals surface area contributed by atoms with Gasteiger partial charge in [0.05, 0.1) is 18.1 Å². The van der Waals surface area contributed by atoms with Crippen LogP contribution in [0.5, 0.6) is 11.5 Å². The Labute approximate surface area is 132 Å². The quantitative estimate of drug-likeness (QED) is 0.472. The van der Waals surface area contributed by atoms with Gasteiger partial charge in [0.15, 0.2) is 11.5 Å². The fourth-order valence-electron chi connectivity index (χ4n) is 4.12. The van der Waals surface area contributed by atoms with E-state index in [2.05, 4.69) is 17.3 Å². The molecule has 1 saturated heterocycles. The first-order chi connectivity index (χ1) is 11.2. The highest BCUT2D eigenvalue weighted by Gasteiger charge is 2.59. The maximum absolute atomic E-state index is 12.5. The Balaban J connectivity index is 1.41. The molecule has 6 heteroatoms. The maximum Gasteiger partial charge on any atom is 0.254 e. The van der Waals surface area contributed by atoms with Crippen LogP contribution in [0.25, 0.3) is 0 Å². The standard InChI is InChI=1S/C17H14N2O4/c20-16-14-10-2-3-11(6-10)15(14)17(21)19(16)18-7-9-1-4-12-13(5-9)23-8-22-12/h1-5,7,10-11,14-15H,6,8H2/b18-7+. The van der Waals surface area contributed by atoms with Gasteiger partial charge in [0, 0.05) is 0 Å². The molecule has 2 aliphatic carbocycles. The van der Waals surface area contributed by atoms with Crippen LogP contribution in [0.15, 0.2) is 35.5 Å². The maximum atomic E-state index is 12.5. The minimum atomic E-state index is -0.216. The molecule has 0 spiro atoms. The predicted molar refractivity (Wildman–Crippen MR) is 79.7 cm³/mol. The van der Waals surface area contributed by atoms with Crippen molar-refractivity contribution in [2.24, 2.45) is 28.8 Å². The van der Waals surface area contributed by atoms with E-state index in [1.54, 1.807) is 12.1 Å². The fraction of sp³-hybridized carbons (Fsp3) is 0.353. The minimum Gasteiger partial charge on any atom is -0.454 e. The number of carbonyl (C=O) groups excluding carboxylic acids is 2. The summed E-state index contributed by atoms with van der Waals surface area (Å²) in [7, 11) is 0. The normalized spacial score (nSPS) is 33.3. The van der Waals surface area contributed by atoms with Gasteiger partial charge in [-0.25, -0.2) is 0 Å². The largest absolute Gasteiger partial charge is 0.454 e. The third kappa shape index (κ3) is 1.72. The summed E-state index contributed by atoms with van der Waals surface area (Å²) in [5.41, 5.74) is 0.757. The number of hydrogen-bond donors (Lipinski definition) is 0. The molecule has 4 atom stereocenters. The Morgan fingerprint density at radius 3 is 2.48 bits per heavy atom. The van der Waals surface area contributed by atoms with E-state index in [9.17, 15) is 9.59 Å². The van der Waals surface area contributed by atoms with E-state index in [1.165, 1.54) is 6.21 Å². The molecule has 116 valence electrons. The van der Waals surface area contributed by atoms with Crippen molar-refractivity contribution >= 4 is 18.0 Å². The third-order valence-corrected chi connectivity index (χ3v) is 5.17. The zero-order chi connectivity index (χ0) is 15.6. The number of amides is 2. The Morgan fingerprint density at radius 2 is 1.74 bits per heavy atom. The van der Waals surface area contributed by atoms with Crippen molar-refractivity contribution in [3.8, 4) is 11.5 Å². The van der Waals surface area contributed by atoms with E-state index >= 15 is 0 Å². The summed E-state index contributed by atoms with van der Waals surface area (Å²) in [4.78, 5) is 25.0. The average molecular weight is 310 g/mol. The van der Waals surface area contributed by atoms with Crippen molar-refractivity contribution in [2.45, 2.75) is 6.42 Å². The Bertz CT molecular complexity index is 755. The number of fused-ring (bicyclic) bond motifs is 6. The molecule has 4 aliphatic rings. The number of hydrogen-bond acceptors (Lipinski definition) is 5. The number of ether oxygens (including phenoxy) is 2. The highest BCUT2D eigenvalue weighted by Crippen LogP contribution is 2.52. The summed E-state index contributed by atoms with van der Waals surface area (Å²) >= 11 is 0. The summed E-state index contributed by atoms with van der Waals surface area (Å²) in [6.45, 7) is 0.207. The van der Waals surface area contributed by atoms with Crippen LogP contribution >= 0.6 is 0 Å². The second-order valence-electron chi connectivity index (χ2n) is 6.35. The molecule has 0 radical (unpaired) electrons. The third-order valence-electron chi connectivity index (χ3n) is 5.17. The number of rotatable bonds is 2. The van der Waals surface area contributed by atoms with Crippen LogP contribution in [0.3, 0.4) is 0 Å². The van der Waals surface area contributed by atoms with E-state index < -0.39 is 0 Å². The number of benzene rings is 1. The summed E-state index contributed by atoms with van der Waals surface area (Å²) in [6, 6.07) is 5.38. The number of nitrogens with zero attached hydrogens (tertiary/aromatic N) is 2. The van der Waals surface area contributed by atoms with Gasteiger partial charge < -0.3 is 9.47 Å². The molecule has 1 aromatic rings. The highest BCUT2D eigenvalue weighted by molar-refractivity contribution is 6.06. The molecular weight excluding hydrogens is 296 g/mol. The predicted octanol–water partition coefficient (Wildman–Crippen LogP) is 1.56. The second-order valence-corrected chi connectivity index (χ2v) is 6.35. The molecule has 6 nitrogen and oxygen atoms in total. The molecule has 23 heavy (non-hydrogen) atoms. The summed E-state index contributed by atoms with van der Waals surface area (Å²) < 4.78 is 10.6. The van der Waals surface area contributed by atoms with Crippen molar-refractivity contribution in [1.29, 1.82) is 0 Å². The number of imide groups is 1. The second kappa shape index (κ2) is 4.44. The first-order valence-corrected chi connectivity index (χ1v) is 7.72. The van der Waals surface area contributed by atoms with Gasteiger partial charge in [0.25, 0.3) is 11.8 Å². The van der Waals surface area contributed by atoms with E-state index in [1.807, 2.05) is 6.07 Å². The molecule has 0 N–H and O–H groups in total. The van der Waals surface area contributed by atoms with Crippen LogP contribution in [0.1, 0.15) is 12.0 Å². The molecule has 2 heterocycles. The summed E-state index contributed by atoms with van der Waals surface area (Å²) in [6.07, 6.45) is 6.59. The molecule has 1 saturated carbocycles. The van der Waals surface area contributed by atoms with Gasteiger partial charge in [-0.1, -0.05) is 12.2 Å². The zero-order valence-electron chi connectivity index (χ0n) is 12.2. The Kier molecular flexibility index (Phi) is 2.48. The van der Waals surface area contributed by atoms with Crippen LogP contribution in [0.2, 0.25) is 0 Å². The molecule has 4 unspecified atom stereocenters. The lowest BCUT2D eigenvalue weighted by atomic mass is 9.85. The number of allylic oxidation sites excluding steroid dienone is 2. The number of hydrazone groups is 1. The zero-order valence-corrected chi connectivity index (χ0v) is 12.2. The van der Waals surface area contributed by atoms with Gasteiger partial charge in [-0.2, -0.15) is 10.1 Å². The van der Waals surface area contributed by atoms with Gasteiger partial charge in [-0.05, 0) is 42.0 Å². The van der Waals surface area contributed by atoms with Crippen molar-refractivity contribution < 1.29 is 19.1 Å². The van der Waals surface area contributed by atoms with Crippen molar-refractivity contribution in [3.05, 3.63) is 35.9 Å². The Hall–Kier alpha value is -2.63. The molecule has 5 rings (SSSR count). The Morgan fingerprint density at radius 1 is 1.04 bits per heavy atom. The van der Waals surface area contributed by atoms with Crippen LogP contribution < -0.4 is 9.47 Å². The lowest BCUT2D eigenvalue weighted by Gasteiger charge is -2.13. The number of carbonyl (C=O) groups is 2. The van der Waals surface area contributed by atoms with Crippen molar-refractivity contribution in [2.75, 3.05) is 6.79 Å². The van der Waals surface area contributed by atoms with Gasteiger partial charge >= 0.3 is 0 Å². The average Bonchev–Trinajstić information content (AvgIpc) is 3.30. The molecule has 2 bridgehead atoms. The monoisotopic (exact) mass is 310 g/mol. The van der Waals surface area contributed by atoms with Gasteiger partial charge in [0.2, 0.25) is 6.79 Å². The van der Waals surface area contributed by atoms with Gasteiger partial charge in [-0.3, -0.25) is 9.59 Å². The van der Waals surface area contributed by atoms with Crippen molar-refractivity contribution in [3.63, 3.8) is 0 Å². The van der Waals surface area contributed by atoms with E-state index in [0.29, 0.717) is 11.5 Å². The topological polar surface area (TPSA) is 68.2 Å². The first-order valence-electron chi connectivity index (χ1n) is 7.72. The van der Waals surface area contributed by atoms with Gasteiger partial charge in [0.1, 0.15) is 0 Å². The lowest BCUT2D eigenvalue weighted by molar-refractivity contribution is -0.140.